The molecule has 1 amide bonds. The second-order valence-electron chi connectivity index (χ2n) is 4.01. The summed E-state index contributed by atoms with van der Waals surface area (Å²) in [5.74, 6) is -3.39. The van der Waals surface area contributed by atoms with Crippen molar-refractivity contribution in [1.82, 2.24) is 14.7 Å². The molecule has 0 saturated carbocycles. The fourth-order valence-electron chi connectivity index (χ4n) is 1.69. The number of carbonyl (C=O) groups excluding carboxylic acids is 1. The first-order valence-electron chi connectivity index (χ1n) is 5.10. The van der Waals surface area contributed by atoms with Crippen LogP contribution in [0.5, 0.6) is 0 Å². The van der Waals surface area contributed by atoms with Crippen molar-refractivity contribution in [3.05, 3.63) is 28.2 Å². The minimum absolute atomic E-state index is 0.00444. The SMILES string of the molecule is Cn1nc(C(=O)N2CCC(F)(F)C2)ccc1=O. The Labute approximate surface area is 95.6 Å². The van der Waals surface area contributed by atoms with Crippen molar-refractivity contribution in [1.29, 1.82) is 0 Å². The van der Waals surface area contributed by atoms with Gasteiger partial charge < -0.3 is 4.90 Å². The van der Waals surface area contributed by atoms with Gasteiger partial charge in [-0.3, -0.25) is 9.59 Å². The van der Waals surface area contributed by atoms with Gasteiger partial charge in [-0.25, -0.2) is 13.5 Å². The summed E-state index contributed by atoms with van der Waals surface area (Å²) in [6.45, 7) is -0.577. The quantitative estimate of drug-likeness (QED) is 0.711. The zero-order valence-corrected chi connectivity index (χ0v) is 9.19. The number of nitrogens with zero attached hydrogens (tertiary/aromatic N) is 3. The van der Waals surface area contributed by atoms with E-state index in [1.54, 1.807) is 0 Å². The van der Waals surface area contributed by atoms with Crippen LogP contribution >= 0.6 is 0 Å². The molecule has 2 heterocycles. The third kappa shape index (κ3) is 2.32. The fraction of sp³-hybridized carbons (Fsp3) is 0.500. The van der Waals surface area contributed by atoms with Crippen molar-refractivity contribution in [2.45, 2.75) is 12.3 Å². The van der Waals surface area contributed by atoms with Gasteiger partial charge in [-0.1, -0.05) is 0 Å². The molecule has 7 heteroatoms. The van der Waals surface area contributed by atoms with E-state index in [1.807, 2.05) is 0 Å². The molecule has 1 fully saturated rings. The Morgan fingerprint density at radius 3 is 2.71 bits per heavy atom. The molecule has 17 heavy (non-hydrogen) atoms. The van der Waals surface area contributed by atoms with Gasteiger partial charge in [0.2, 0.25) is 0 Å². The van der Waals surface area contributed by atoms with E-state index in [0.29, 0.717) is 0 Å². The van der Waals surface area contributed by atoms with Crippen LogP contribution in [0.3, 0.4) is 0 Å². The van der Waals surface area contributed by atoms with Crippen LogP contribution in [0.15, 0.2) is 16.9 Å². The summed E-state index contributed by atoms with van der Waals surface area (Å²) in [5, 5.41) is 3.73. The second-order valence-corrected chi connectivity index (χ2v) is 4.01. The van der Waals surface area contributed by atoms with Gasteiger partial charge in [0.1, 0.15) is 5.69 Å². The number of likely N-dealkylation sites (tertiary alicyclic amines) is 1. The number of aryl methyl sites for hydroxylation is 1. The van der Waals surface area contributed by atoms with E-state index < -0.39 is 18.4 Å². The summed E-state index contributed by atoms with van der Waals surface area (Å²) in [6, 6.07) is 2.44. The van der Waals surface area contributed by atoms with Crippen LogP contribution < -0.4 is 5.56 Å². The fourth-order valence-corrected chi connectivity index (χ4v) is 1.69. The number of alkyl halides is 2. The maximum Gasteiger partial charge on any atom is 0.274 e. The van der Waals surface area contributed by atoms with Crippen molar-refractivity contribution in [3.63, 3.8) is 0 Å². The predicted molar refractivity (Wildman–Crippen MR) is 54.9 cm³/mol. The van der Waals surface area contributed by atoms with Gasteiger partial charge in [0.25, 0.3) is 17.4 Å². The summed E-state index contributed by atoms with van der Waals surface area (Å²) < 4.78 is 26.9. The van der Waals surface area contributed by atoms with E-state index in [-0.39, 0.29) is 24.2 Å². The molecule has 0 aliphatic carbocycles. The molecular weight excluding hydrogens is 232 g/mol. The highest BCUT2D eigenvalue weighted by Crippen LogP contribution is 2.27. The molecule has 0 radical (unpaired) electrons. The standard InChI is InChI=1S/C10H11F2N3O2/c1-14-8(16)3-2-7(13-14)9(17)15-5-4-10(11,12)6-15/h2-3H,4-6H2,1H3. The van der Waals surface area contributed by atoms with Crippen molar-refractivity contribution in [2.24, 2.45) is 7.05 Å². The Bertz CT molecular complexity index is 513. The predicted octanol–water partition coefficient (Wildman–Crippen LogP) is 0.262. The summed E-state index contributed by atoms with van der Waals surface area (Å²) in [5.41, 5.74) is -0.349. The monoisotopic (exact) mass is 243 g/mol. The average Bonchev–Trinajstić information content (AvgIpc) is 2.62. The Hall–Kier alpha value is -1.79. The topological polar surface area (TPSA) is 55.2 Å². The van der Waals surface area contributed by atoms with Crippen LogP contribution in [0.25, 0.3) is 0 Å². The first-order valence-corrected chi connectivity index (χ1v) is 5.10. The number of rotatable bonds is 1. The molecule has 5 nitrogen and oxygen atoms in total. The maximum atomic E-state index is 12.9. The molecule has 0 aromatic carbocycles. The number of hydrogen-bond donors (Lipinski definition) is 0. The molecule has 1 aromatic heterocycles. The molecule has 0 unspecified atom stereocenters. The van der Waals surface area contributed by atoms with Gasteiger partial charge in [0.05, 0.1) is 6.54 Å². The van der Waals surface area contributed by atoms with Gasteiger partial charge in [-0.05, 0) is 6.07 Å². The minimum atomic E-state index is -2.82. The van der Waals surface area contributed by atoms with E-state index in [1.165, 1.54) is 19.2 Å². The van der Waals surface area contributed by atoms with Crippen LogP contribution in [-0.2, 0) is 7.05 Å². The number of amides is 1. The van der Waals surface area contributed by atoms with Crippen LogP contribution in [-0.4, -0.2) is 39.6 Å². The molecule has 92 valence electrons. The average molecular weight is 243 g/mol. The van der Waals surface area contributed by atoms with Gasteiger partial charge in [0.15, 0.2) is 0 Å². The van der Waals surface area contributed by atoms with Gasteiger partial charge in [-0.15, -0.1) is 0 Å². The van der Waals surface area contributed by atoms with Crippen LogP contribution in [0, 0.1) is 0 Å². The highest BCUT2D eigenvalue weighted by molar-refractivity contribution is 5.92. The lowest BCUT2D eigenvalue weighted by molar-refractivity contribution is 0.0119. The van der Waals surface area contributed by atoms with Gasteiger partial charge in [0, 0.05) is 26.1 Å². The van der Waals surface area contributed by atoms with E-state index >= 15 is 0 Å². The molecule has 1 aliphatic heterocycles. The van der Waals surface area contributed by atoms with Gasteiger partial charge in [-0.2, -0.15) is 5.10 Å². The third-order valence-electron chi connectivity index (χ3n) is 2.64. The van der Waals surface area contributed by atoms with E-state index in [0.717, 1.165) is 9.58 Å². The summed E-state index contributed by atoms with van der Waals surface area (Å²) in [4.78, 5) is 23.9. The molecule has 0 atom stereocenters. The van der Waals surface area contributed by atoms with Crippen molar-refractivity contribution < 1.29 is 13.6 Å². The Kier molecular flexibility index (Phi) is 2.68. The molecule has 0 spiro atoms. The Balaban J connectivity index is 2.21. The van der Waals surface area contributed by atoms with Crippen LogP contribution in [0.2, 0.25) is 0 Å². The molecule has 1 saturated heterocycles. The van der Waals surface area contributed by atoms with Crippen LogP contribution in [0.4, 0.5) is 8.78 Å². The molecule has 1 aliphatic rings. The Morgan fingerprint density at radius 2 is 2.18 bits per heavy atom. The van der Waals surface area contributed by atoms with E-state index in [9.17, 15) is 18.4 Å². The van der Waals surface area contributed by atoms with Crippen molar-refractivity contribution in [3.8, 4) is 0 Å². The van der Waals surface area contributed by atoms with E-state index in [4.69, 9.17) is 0 Å². The highest BCUT2D eigenvalue weighted by Gasteiger charge is 2.40. The van der Waals surface area contributed by atoms with Crippen LogP contribution in [0.1, 0.15) is 16.9 Å². The zero-order chi connectivity index (χ0) is 12.6. The lowest BCUT2D eigenvalue weighted by Gasteiger charge is -2.15. The first-order chi connectivity index (χ1) is 7.89. The molecule has 1 aromatic rings. The molecule has 0 N–H and O–H groups in total. The minimum Gasteiger partial charge on any atom is -0.331 e. The lowest BCUT2D eigenvalue weighted by Crippen LogP contribution is -2.33. The number of halogens is 2. The summed E-state index contributed by atoms with van der Waals surface area (Å²) in [6.07, 6.45) is -0.329. The number of aromatic nitrogens is 2. The normalized spacial score (nSPS) is 18.4. The first kappa shape index (κ1) is 11.7. The van der Waals surface area contributed by atoms with Gasteiger partial charge >= 0.3 is 0 Å². The highest BCUT2D eigenvalue weighted by atomic mass is 19.3. The number of hydrogen-bond acceptors (Lipinski definition) is 3. The molecule has 2 rings (SSSR count). The third-order valence-corrected chi connectivity index (χ3v) is 2.64. The summed E-state index contributed by atoms with van der Waals surface area (Å²) >= 11 is 0. The largest absolute Gasteiger partial charge is 0.331 e. The number of carbonyl (C=O) groups is 1. The Morgan fingerprint density at radius 1 is 1.47 bits per heavy atom. The maximum absolute atomic E-state index is 12.9. The smallest absolute Gasteiger partial charge is 0.274 e. The zero-order valence-electron chi connectivity index (χ0n) is 9.19. The molecular formula is C10H11F2N3O2. The van der Waals surface area contributed by atoms with Crippen molar-refractivity contribution >= 4 is 5.91 Å². The van der Waals surface area contributed by atoms with Crippen molar-refractivity contribution in [2.75, 3.05) is 13.1 Å². The summed E-state index contributed by atoms with van der Waals surface area (Å²) in [7, 11) is 1.40. The van der Waals surface area contributed by atoms with E-state index in [2.05, 4.69) is 5.10 Å². The second kappa shape index (κ2) is 3.90. The molecule has 0 bridgehead atoms. The lowest BCUT2D eigenvalue weighted by atomic mass is 10.3.